The Balaban J connectivity index is 1.91. The third-order valence-corrected chi connectivity index (χ3v) is 5.22. The summed E-state index contributed by atoms with van der Waals surface area (Å²) >= 11 is 7.11. The highest BCUT2D eigenvalue weighted by Crippen LogP contribution is 2.38. The van der Waals surface area contributed by atoms with E-state index < -0.39 is 0 Å². The summed E-state index contributed by atoms with van der Waals surface area (Å²) in [6, 6.07) is 4.32. The summed E-state index contributed by atoms with van der Waals surface area (Å²) in [7, 11) is 3.69. The minimum absolute atomic E-state index is 0.296. The molecule has 3 rings (SSSR count). The number of fused-ring (bicyclic) bond motifs is 1. The monoisotopic (exact) mass is 413 g/mol. The standard InChI is InChI=1S/C15H17Br2N3O/c1-20-14-5-3-4-12(9(14)8-18-20)19-13-7-15(21-2)11(17)6-10(13)16/h6-8,12,19H,3-5H2,1-2H3. The van der Waals surface area contributed by atoms with Crippen LogP contribution in [0.2, 0.25) is 0 Å². The van der Waals surface area contributed by atoms with E-state index in [2.05, 4.69) is 42.3 Å². The summed E-state index contributed by atoms with van der Waals surface area (Å²) in [6.45, 7) is 0. The molecular formula is C15H17Br2N3O. The number of aromatic nitrogens is 2. The lowest BCUT2D eigenvalue weighted by Gasteiger charge is -2.25. The van der Waals surface area contributed by atoms with E-state index in [9.17, 15) is 0 Å². The number of hydrogen-bond donors (Lipinski definition) is 1. The van der Waals surface area contributed by atoms with Crippen molar-refractivity contribution in [3.05, 3.63) is 38.5 Å². The first-order valence-corrected chi connectivity index (χ1v) is 8.49. The van der Waals surface area contributed by atoms with Gasteiger partial charge in [-0.15, -0.1) is 0 Å². The number of rotatable bonds is 3. The molecule has 1 atom stereocenters. The van der Waals surface area contributed by atoms with E-state index in [-0.39, 0.29) is 0 Å². The molecule has 1 aliphatic carbocycles. The maximum Gasteiger partial charge on any atom is 0.135 e. The second-order valence-electron chi connectivity index (χ2n) is 5.23. The van der Waals surface area contributed by atoms with E-state index in [0.29, 0.717) is 6.04 Å². The molecule has 1 heterocycles. The topological polar surface area (TPSA) is 39.1 Å². The van der Waals surface area contributed by atoms with Crippen LogP contribution in [0.1, 0.15) is 30.1 Å². The van der Waals surface area contributed by atoms with E-state index in [0.717, 1.165) is 33.2 Å². The third kappa shape index (κ3) is 2.83. The molecule has 1 N–H and O–H groups in total. The van der Waals surface area contributed by atoms with Crippen LogP contribution in [0.5, 0.6) is 5.75 Å². The smallest absolute Gasteiger partial charge is 0.135 e. The maximum atomic E-state index is 5.38. The van der Waals surface area contributed by atoms with E-state index >= 15 is 0 Å². The van der Waals surface area contributed by atoms with Crippen LogP contribution in [-0.2, 0) is 13.5 Å². The largest absolute Gasteiger partial charge is 0.495 e. The summed E-state index contributed by atoms with van der Waals surface area (Å²) in [5.41, 5.74) is 3.67. The number of ether oxygens (including phenoxy) is 1. The Morgan fingerprint density at radius 3 is 2.90 bits per heavy atom. The Bertz CT molecular complexity index is 669. The molecule has 0 aliphatic heterocycles. The molecule has 6 heteroatoms. The van der Waals surface area contributed by atoms with Gasteiger partial charge < -0.3 is 10.1 Å². The van der Waals surface area contributed by atoms with Gasteiger partial charge in [0.05, 0.1) is 29.5 Å². The number of aryl methyl sites for hydroxylation is 1. The van der Waals surface area contributed by atoms with Gasteiger partial charge in [-0.05, 0) is 57.2 Å². The normalized spacial score (nSPS) is 17.4. The van der Waals surface area contributed by atoms with Gasteiger partial charge in [0.1, 0.15) is 5.75 Å². The Hall–Kier alpha value is -1.01. The maximum absolute atomic E-state index is 5.38. The van der Waals surface area contributed by atoms with Gasteiger partial charge >= 0.3 is 0 Å². The molecule has 0 saturated heterocycles. The SMILES string of the molecule is COc1cc(NC2CCCc3c2cnn3C)c(Br)cc1Br. The fraction of sp³-hybridized carbons (Fsp3) is 0.400. The summed E-state index contributed by atoms with van der Waals surface area (Å²) in [4.78, 5) is 0. The Morgan fingerprint density at radius 2 is 2.14 bits per heavy atom. The minimum atomic E-state index is 0.296. The third-order valence-electron chi connectivity index (χ3n) is 3.95. The number of methoxy groups -OCH3 is 1. The average Bonchev–Trinajstić information content (AvgIpc) is 2.85. The molecular weight excluding hydrogens is 398 g/mol. The van der Waals surface area contributed by atoms with Gasteiger partial charge in [0.2, 0.25) is 0 Å². The minimum Gasteiger partial charge on any atom is -0.495 e. The molecule has 0 spiro atoms. The van der Waals surface area contributed by atoms with Gasteiger partial charge in [-0.1, -0.05) is 0 Å². The lowest BCUT2D eigenvalue weighted by Crippen LogP contribution is -2.18. The van der Waals surface area contributed by atoms with Crippen LogP contribution < -0.4 is 10.1 Å². The van der Waals surface area contributed by atoms with E-state index in [1.807, 2.05) is 30.1 Å². The lowest BCUT2D eigenvalue weighted by atomic mass is 9.93. The van der Waals surface area contributed by atoms with E-state index in [1.54, 1.807) is 7.11 Å². The fourth-order valence-electron chi connectivity index (χ4n) is 2.84. The molecule has 1 unspecified atom stereocenters. The van der Waals surface area contributed by atoms with Crippen molar-refractivity contribution in [2.24, 2.45) is 7.05 Å². The molecule has 1 aliphatic rings. The van der Waals surface area contributed by atoms with Crippen molar-refractivity contribution in [1.29, 1.82) is 0 Å². The Labute approximate surface area is 141 Å². The van der Waals surface area contributed by atoms with Crippen molar-refractivity contribution in [3.63, 3.8) is 0 Å². The predicted octanol–water partition coefficient (Wildman–Crippen LogP) is 4.44. The van der Waals surface area contributed by atoms with E-state index in [1.165, 1.54) is 17.7 Å². The summed E-state index contributed by atoms with van der Waals surface area (Å²) in [5.74, 6) is 0.822. The Morgan fingerprint density at radius 1 is 1.33 bits per heavy atom. The predicted molar refractivity (Wildman–Crippen MR) is 90.9 cm³/mol. The summed E-state index contributed by atoms with van der Waals surface area (Å²) in [6.07, 6.45) is 5.38. The number of benzene rings is 1. The molecule has 4 nitrogen and oxygen atoms in total. The highest BCUT2D eigenvalue weighted by atomic mass is 79.9. The van der Waals surface area contributed by atoms with Crippen LogP contribution in [0, 0.1) is 0 Å². The van der Waals surface area contributed by atoms with Crippen molar-refractivity contribution in [3.8, 4) is 5.75 Å². The van der Waals surface area contributed by atoms with Crippen LogP contribution in [0.15, 0.2) is 27.3 Å². The lowest BCUT2D eigenvalue weighted by molar-refractivity contribution is 0.412. The first-order chi connectivity index (χ1) is 10.1. The second kappa shape index (κ2) is 6.01. The summed E-state index contributed by atoms with van der Waals surface area (Å²) in [5, 5.41) is 8.01. The quantitative estimate of drug-likeness (QED) is 0.806. The second-order valence-corrected chi connectivity index (χ2v) is 6.93. The number of anilines is 1. The highest BCUT2D eigenvalue weighted by Gasteiger charge is 2.24. The zero-order valence-electron chi connectivity index (χ0n) is 12.0. The number of nitrogens with one attached hydrogen (secondary N) is 1. The number of nitrogens with zero attached hydrogens (tertiary/aromatic N) is 2. The van der Waals surface area contributed by atoms with Crippen LogP contribution in [0.25, 0.3) is 0 Å². The van der Waals surface area contributed by atoms with Crippen LogP contribution in [-0.4, -0.2) is 16.9 Å². The molecule has 0 saturated carbocycles. The van der Waals surface area contributed by atoms with Crippen LogP contribution in [0.3, 0.4) is 0 Å². The Kier molecular flexibility index (Phi) is 4.26. The van der Waals surface area contributed by atoms with Gasteiger partial charge in [0.25, 0.3) is 0 Å². The molecule has 21 heavy (non-hydrogen) atoms. The van der Waals surface area contributed by atoms with Gasteiger partial charge in [0, 0.05) is 28.8 Å². The molecule has 1 aromatic carbocycles. The average molecular weight is 415 g/mol. The molecule has 0 bridgehead atoms. The molecule has 112 valence electrons. The van der Waals surface area contributed by atoms with Crippen molar-refractivity contribution in [2.75, 3.05) is 12.4 Å². The zero-order valence-corrected chi connectivity index (χ0v) is 15.2. The van der Waals surface area contributed by atoms with Crippen LogP contribution in [0.4, 0.5) is 5.69 Å². The zero-order chi connectivity index (χ0) is 15.0. The van der Waals surface area contributed by atoms with Crippen molar-refractivity contribution >= 4 is 37.5 Å². The molecule has 0 fully saturated rings. The van der Waals surface area contributed by atoms with Crippen LogP contribution >= 0.6 is 31.9 Å². The molecule has 0 radical (unpaired) electrons. The van der Waals surface area contributed by atoms with Gasteiger partial charge in [-0.25, -0.2) is 0 Å². The van der Waals surface area contributed by atoms with Gasteiger partial charge in [-0.3, -0.25) is 4.68 Å². The van der Waals surface area contributed by atoms with Gasteiger partial charge in [0.15, 0.2) is 0 Å². The highest BCUT2D eigenvalue weighted by molar-refractivity contribution is 9.11. The molecule has 2 aromatic rings. The molecule has 0 amide bonds. The number of hydrogen-bond acceptors (Lipinski definition) is 3. The summed E-state index contributed by atoms with van der Waals surface area (Å²) < 4.78 is 9.32. The fourth-order valence-corrected chi connectivity index (χ4v) is 4.11. The van der Waals surface area contributed by atoms with Crippen molar-refractivity contribution < 1.29 is 4.74 Å². The first-order valence-electron chi connectivity index (χ1n) is 6.90. The van der Waals surface area contributed by atoms with Crippen molar-refractivity contribution in [1.82, 2.24) is 9.78 Å². The molecule has 1 aromatic heterocycles. The van der Waals surface area contributed by atoms with Gasteiger partial charge in [-0.2, -0.15) is 5.10 Å². The van der Waals surface area contributed by atoms with Crippen molar-refractivity contribution in [2.45, 2.75) is 25.3 Å². The van der Waals surface area contributed by atoms with E-state index in [4.69, 9.17) is 4.74 Å². The number of halogens is 2. The first kappa shape index (κ1) is 14.9.